The van der Waals surface area contributed by atoms with Gasteiger partial charge in [0.25, 0.3) is 0 Å². The van der Waals surface area contributed by atoms with Crippen LogP contribution >= 0.6 is 0 Å². The Bertz CT molecular complexity index is 562. The molecule has 6 atom stereocenters. The largest absolute Gasteiger partial charge is 0.366 e. The van der Waals surface area contributed by atoms with Crippen molar-refractivity contribution in [3.8, 4) is 0 Å². The van der Waals surface area contributed by atoms with Crippen LogP contribution in [0.25, 0.3) is 0 Å². The first-order valence-corrected chi connectivity index (χ1v) is 9.55. The van der Waals surface area contributed by atoms with Crippen molar-refractivity contribution >= 4 is 5.78 Å². The molecule has 0 aromatic rings. The molecule has 3 aliphatic carbocycles. The molecule has 2 bridgehead atoms. The summed E-state index contributed by atoms with van der Waals surface area (Å²) in [6, 6.07) is 0. The molecule has 4 fully saturated rings. The minimum Gasteiger partial charge on any atom is -0.366 e. The van der Waals surface area contributed by atoms with Gasteiger partial charge in [0.05, 0.1) is 11.7 Å². The van der Waals surface area contributed by atoms with Gasteiger partial charge in [0, 0.05) is 6.42 Å². The van der Waals surface area contributed by atoms with Gasteiger partial charge in [-0.3, -0.25) is 4.79 Å². The van der Waals surface area contributed by atoms with E-state index < -0.39 is 0 Å². The molecule has 0 amide bonds. The van der Waals surface area contributed by atoms with Gasteiger partial charge in [-0.2, -0.15) is 0 Å². The van der Waals surface area contributed by atoms with Crippen LogP contribution in [-0.4, -0.2) is 17.5 Å². The van der Waals surface area contributed by atoms with Crippen LogP contribution in [0.1, 0.15) is 72.6 Å². The van der Waals surface area contributed by atoms with Crippen LogP contribution in [0.15, 0.2) is 12.2 Å². The molecular weight excluding hydrogens is 284 g/mol. The minimum absolute atomic E-state index is 0.0618. The summed E-state index contributed by atoms with van der Waals surface area (Å²) in [6.45, 7) is 13.7. The van der Waals surface area contributed by atoms with Crippen molar-refractivity contribution in [1.29, 1.82) is 0 Å². The Morgan fingerprint density at radius 2 is 1.83 bits per heavy atom. The highest BCUT2D eigenvalue weighted by atomic mass is 16.6. The van der Waals surface area contributed by atoms with E-state index in [4.69, 9.17) is 4.74 Å². The van der Waals surface area contributed by atoms with Gasteiger partial charge in [-0.05, 0) is 79.6 Å². The number of carbonyl (C=O) groups is 1. The molecule has 3 saturated carbocycles. The smallest absolute Gasteiger partial charge is 0.158 e. The van der Waals surface area contributed by atoms with Crippen LogP contribution in [-0.2, 0) is 9.53 Å². The average Bonchev–Trinajstić information content (AvgIpc) is 3.30. The fourth-order valence-electron chi connectivity index (χ4n) is 5.77. The molecule has 2 nitrogen and oxygen atoms in total. The summed E-state index contributed by atoms with van der Waals surface area (Å²) in [5, 5.41) is 0. The molecule has 1 aliphatic heterocycles. The number of ether oxygens (including phenoxy) is 1. The van der Waals surface area contributed by atoms with E-state index in [1.54, 1.807) is 0 Å². The Labute approximate surface area is 141 Å². The number of ketones is 1. The molecule has 6 unspecified atom stereocenters. The second-order valence-corrected chi connectivity index (χ2v) is 10.0. The highest BCUT2D eigenvalue weighted by molar-refractivity contribution is 5.96. The van der Waals surface area contributed by atoms with Crippen molar-refractivity contribution in [2.45, 2.75) is 84.3 Å². The maximum absolute atomic E-state index is 12.6. The number of fused-ring (bicyclic) bond motifs is 4. The van der Waals surface area contributed by atoms with Crippen LogP contribution in [0.5, 0.6) is 0 Å². The van der Waals surface area contributed by atoms with Gasteiger partial charge >= 0.3 is 0 Å². The number of allylic oxidation sites excluding steroid dienone is 1. The summed E-state index contributed by atoms with van der Waals surface area (Å²) < 4.78 is 6.08. The van der Waals surface area contributed by atoms with Gasteiger partial charge in [-0.1, -0.05) is 27.4 Å². The predicted octanol–water partition coefficient (Wildman–Crippen LogP) is 4.92. The zero-order valence-corrected chi connectivity index (χ0v) is 15.3. The number of hydrogen-bond acceptors (Lipinski definition) is 2. The molecule has 0 aromatic carbocycles. The third-order valence-electron chi connectivity index (χ3n) is 8.21. The summed E-state index contributed by atoms with van der Waals surface area (Å²) in [6.07, 6.45) is 8.42. The summed E-state index contributed by atoms with van der Waals surface area (Å²) in [7, 11) is 0. The van der Waals surface area contributed by atoms with Crippen molar-refractivity contribution < 1.29 is 9.53 Å². The fourth-order valence-corrected chi connectivity index (χ4v) is 5.77. The van der Waals surface area contributed by atoms with E-state index >= 15 is 0 Å². The number of rotatable bonds is 0. The van der Waals surface area contributed by atoms with E-state index in [1.165, 1.54) is 25.7 Å². The normalized spacial score (nSPS) is 51.8. The molecule has 2 heteroatoms. The molecule has 4 aliphatic rings. The maximum atomic E-state index is 12.6. The lowest BCUT2D eigenvalue weighted by Gasteiger charge is -2.46. The molecular formula is C21H32O2. The Morgan fingerprint density at radius 3 is 2.57 bits per heavy atom. The highest BCUT2D eigenvalue weighted by Crippen LogP contribution is 2.63. The van der Waals surface area contributed by atoms with Gasteiger partial charge in [0.2, 0.25) is 0 Å². The van der Waals surface area contributed by atoms with E-state index in [9.17, 15) is 4.79 Å². The average molecular weight is 316 g/mol. The topological polar surface area (TPSA) is 29.6 Å². The van der Waals surface area contributed by atoms with E-state index in [0.717, 1.165) is 30.8 Å². The second-order valence-electron chi connectivity index (χ2n) is 10.0. The first-order valence-electron chi connectivity index (χ1n) is 9.55. The Balaban J connectivity index is 1.64. The van der Waals surface area contributed by atoms with Crippen LogP contribution in [0.2, 0.25) is 0 Å². The minimum atomic E-state index is 0.0618. The zero-order valence-electron chi connectivity index (χ0n) is 15.3. The van der Waals surface area contributed by atoms with Crippen LogP contribution < -0.4 is 0 Å². The van der Waals surface area contributed by atoms with E-state index in [0.29, 0.717) is 29.1 Å². The molecule has 128 valence electrons. The van der Waals surface area contributed by atoms with Gasteiger partial charge < -0.3 is 4.74 Å². The van der Waals surface area contributed by atoms with Crippen molar-refractivity contribution in [3.05, 3.63) is 12.2 Å². The monoisotopic (exact) mass is 316 g/mol. The number of hydrogen-bond donors (Lipinski definition) is 0. The lowest BCUT2D eigenvalue weighted by Crippen LogP contribution is -2.42. The van der Waals surface area contributed by atoms with Crippen LogP contribution in [0.4, 0.5) is 0 Å². The lowest BCUT2D eigenvalue weighted by molar-refractivity contribution is -0.122. The Kier molecular flexibility index (Phi) is 3.25. The molecule has 0 N–H and O–H groups in total. The number of Topliss-reactive ketones (excluding diaryl/α,β-unsaturated/α-hetero) is 1. The van der Waals surface area contributed by atoms with Crippen molar-refractivity contribution in [1.82, 2.24) is 0 Å². The SMILES string of the molecule is C=C1C(=O)CC2CC3CC3(C)CCC3OC3(C)CCC1C2(C)C. The summed E-state index contributed by atoms with van der Waals surface area (Å²) >= 11 is 0. The third-order valence-corrected chi connectivity index (χ3v) is 8.21. The highest BCUT2D eigenvalue weighted by Gasteiger charge is 2.58. The van der Waals surface area contributed by atoms with Crippen molar-refractivity contribution in [3.63, 3.8) is 0 Å². The van der Waals surface area contributed by atoms with Gasteiger partial charge in [-0.15, -0.1) is 0 Å². The predicted molar refractivity (Wildman–Crippen MR) is 92.1 cm³/mol. The molecule has 4 rings (SSSR count). The molecule has 0 aromatic heterocycles. The number of epoxide rings is 1. The standard InChI is InChI=1S/C21H32O2/c1-13-16-6-9-21(5)18(23-21)7-8-20(4)12-15(20)10-14(11-17(13)22)19(16,2)3/h14-16,18H,1,6-12H2,2-5H3. The quantitative estimate of drug-likeness (QED) is 0.469. The molecule has 23 heavy (non-hydrogen) atoms. The molecule has 0 radical (unpaired) electrons. The van der Waals surface area contributed by atoms with Gasteiger partial charge in [0.15, 0.2) is 5.78 Å². The van der Waals surface area contributed by atoms with E-state index in [-0.39, 0.29) is 11.0 Å². The lowest BCUT2D eigenvalue weighted by atomic mass is 9.57. The van der Waals surface area contributed by atoms with Gasteiger partial charge in [0.1, 0.15) is 0 Å². The fraction of sp³-hybridized carbons (Fsp3) is 0.857. The Morgan fingerprint density at radius 1 is 1.09 bits per heavy atom. The first kappa shape index (κ1) is 15.9. The summed E-state index contributed by atoms with van der Waals surface area (Å²) in [5.41, 5.74) is 1.65. The summed E-state index contributed by atoms with van der Waals surface area (Å²) in [5.74, 6) is 2.01. The molecule has 0 spiro atoms. The van der Waals surface area contributed by atoms with Crippen molar-refractivity contribution in [2.24, 2.45) is 28.6 Å². The van der Waals surface area contributed by atoms with E-state index in [2.05, 4.69) is 34.3 Å². The Hall–Kier alpha value is -0.630. The van der Waals surface area contributed by atoms with Gasteiger partial charge in [-0.25, -0.2) is 0 Å². The summed E-state index contributed by atoms with van der Waals surface area (Å²) in [4.78, 5) is 12.6. The number of carbonyl (C=O) groups excluding carboxylic acids is 1. The van der Waals surface area contributed by atoms with Crippen LogP contribution in [0, 0.1) is 28.6 Å². The zero-order chi connectivity index (χ0) is 16.6. The maximum Gasteiger partial charge on any atom is 0.158 e. The van der Waals surface area contributed by atoms with Crippen LogP contribution in [0.3, 0.4) is 0 Å². The third kappa shape index (κ3) is 2.44. The van der Waals surface area contributed by atoms with Crippen molar-refractivity contribution in [2.75, 3.05) is 0 Å². The van der Waals surface area contributed by atoms with E-state index in [1.807, 2.05) is 0 Å². The molecule has 1 heterocycles. The second kappa shape index (κ2) is 4.71. The first-order chi connectivity index (χ1) is 10.7. The molecule has 1 saturated heterocycles.